The van der Waals surface area contributed by atoms with E-state index in [1.54, 1.807) is 0 Å². The molecule has 0 aromatic rings. The van der Waals surface area contributed by atoms with Gasteiger partial charge in [0.15, 0.2) is 0 Å². The summed E-state index contributed by atoms with van der Waals surface area (Å²) >= 11 is 0. The summed E-state index contributed by atoms with van der Waals surface area (Å²) in [7, 11) is 0. The van der Waals surface area contributed by atoms with Crippen LogP contribution in [0.4, 0.5) is 0 Å². The van der Waals surface area contributed by atoms with Crippen LogP contribution in [0.15, 0.2) is 0 Å². The molecule has 0 radical (unpaired) electrons. The lowest BCUT2D eigenvalue weighted by Gasteiger charge is -2.20. The van der Waals surface area contributed by atoms with Crippen molar-refractivity contribution in [3.63, 3.8) is 0 Å². The first-order valence-electron chi connectivity index (χ1n) is 6.94. The fourth-order valence-electron chi connectivity index (χ4n) is 2.99. The molecule has 2 fully saturated rings. The predicted octanol–water partition coefficient (Wildman–Crippen LogP) is 1.88. The second-order valence-corrected chi connectivity index (χ2v) is 6.89. The third kappa shape index (κ3) is 3.44. The van der Waals surface area contributed by atoms with Crippen LogP contribution in [0.2, 0.25) is 0 Å². The third-order valence-corrected chi connectivity index (χ3v) is 4.06. The van der Waals surface area contributed by atoms with Gasteiger partial charge in [0.25, 0.3) is 0 Å². The monoisotopic (exact) mass is 238 g/mol. The second kappa shape index (κ2) is 4.97. The van der Waals surface area contributed by atoms with Crippen LogP contribution in [-0.4, -0.2) is 37.0 Å². The molecule has 0 aromatic carbocycles. The van der Waals surface area contributed by atoms with Gasteiger partial charge >= 0.3 is 0 Å². The lowest BCUT2D eigenvalue weighted by atomic mass is 9.90. The maximum atomic E-state index is 12.1. The van der Waals surface area contributed by atoms with Crippen molar-refractivity contribution in [2.24, 2.45) is 17.3 Å². The van der Waals surface area contributed by atoms with E-state index in [-0.39, 0.29) is 0 Å². The number of fused-ring (bicyclic) bond motifs is 1. The van der Waals surface area contributed by atoms with E-state index in [2.05, 4.69) is 31.0 Å². The molecule has 2 rings (SSSR count). The maximum absolute atomic E-state index is 12.1. The lowest BCUT2D eigenvalue weighted by Crippen LogP contribution is -2.31. The molecular weight excluding hydrogens is 212 g/mol. The largest absolute Gasteiger partial charge is 0.342 e. The SMILES string of the molecule is CC(C)(C)CCCC(=O)N1C[C@H]2CNC[C@H]2C1. The minimum absolute atomic E-state index is 0.353. The minimum atomic E-state index is 0.353. The number of rotatable bonds is 3. The molecule has 2 heterocycles. The smallest absolute Gasteiger partial charge is 0.222 e. The zero-order chi connectivity index (χ0) is 12.5. The number of amides is 1. The van der Waals surface area contributed by atoms with Gasteiger partial charge in [-0.05, 0) is 30.1 Å². The van der Waals surface area contributed by atoms with Crippen molar-refractivity contribution >= 4 is 5.91 Å². The van der Waals surface area contributed by atoms with E-state index in [9.17, 15) is 4.79 Å². The first-order valence-corrected chi connectivity index (χ1v) is 6.94. The van der Waals surface area contributed by atoms with Gasteiger partial charge in [0.2, 0.25) is 5.91 Å². The van der Waals surface area contributed by atoms with E-state index in [0.29, 0.717) is 11.3 Å². The molecule has 2 aliphatic rings. The van der Waals surface area contributed by atoms with Crippen LogP contribution in [0.25, 0.3) is 0 Å². The van der Waals surface area contributed by atoms with E-state index in [1.165, 1.54) is 0 Å². The molecule has 3 heteroatoms. The van der Waals surface area contributed by atoms with Crippen LogP contribution in [0, 0.1) is 17.3 Å². The summed E-state index contributed by atoms with van der Waals surface area (Å²) in [4.78, 5) is 14.2. The average Bonchev–Trinajstić information content (AvgIpc) is 2.73. The third-order valence-electron chi connectivity index (χ3n) is 4.06. The highest BCUT2D eigenvalue weighted by Gasteiger charge is 2.37. The fraction of sp³-hybridized carbons (Fsp3) is 0.929. The summed E-state index contributed by atoms with van der Waals surface area (Å²) in [6.07, 6.45) is 2.91. The molecular formula is C14H26N2O. The van der Waals surface area contributed by atoms with Gasteiger partial charge in [-0.3, -0.25) is 4.79 Å². The Labute approximate surface area is 105 Å². The van der Waals surface area contributed by atoms with Crippen LogP contribution in [-0.2, 0) is 4.79 Å². The molecule has 0 aromatic heterocycles. The Morgan fingerprint density at radius 3 is 2.35 bits per heavy atom. The van der Waals surface area contributed by atoms with E-state index in [0.717, 1.165) is 57.3 Å². The van der Waals surface area contributed by atoms with Crippen molar-refractivity contribution in [1.82, 2.24) is 10.2 Å². The van der Waals surface area contributed by atoms with E-state index in [1.807, 2.05) is 0 Å². The maximum Gasteiger partial charge on any atom is 0.222 e. The molecule has 0 saturated carbocycles. The molecule has 1 N–H and O–H groups in total. The highest BCUT2D eigenvalue weighted by molar-refractivity contribution is 5.76. The minimum Gasteiger partial charge on any atom is -0.342 e. The molecule has 1 amide bonds. The first-order chi connectivity index (χ1) is 7.96. The molecule has 0 bridgehead atoms. The highest BCUT2D eigenvalue weighted by Crippen LogP contribution is 2.27. The molecule has 0 unspecified atom stereocenters. The van der Waals surface area contributed by atoms with Gasteiger partial charge in [-0.15, -0.1) is 0 Å². The predicted molar refractivity (Wildman–Crippen MR) is 69.7 cm³/mol. The molecule has 17 heavy (non-hydrogen) atoms. The van der Waals surface area contributed by atoms with Crippen LogP contribution >= 0.6 is 0 Å². The van der Waals surface area contributed by atoms with Gasteiger partial charge in [0.1, 0.15) is 0 Å². The second-order valence-electron chi connectivity index (χ2n) is 6.89. The van der Waals surface area contributed by atoms with Crippen LogP contribution in [0.3, 0.4) is 0 Å². The number of carbonyl (C=O) groups excluding carboxylic acids is 1. The van der Waals surface area contributed by atoms with Crippen LogP contribution in [0.5, 0.6) is 0 Å². The standard InChI is InChI=1S/C14H26N2O/c1-14(2,3)6-4-5-13(17)16-9-11-7-15-8-12(11)10-16/h11-12,15H,4-10H2,1-3H3/t11-,12+. The van der Waals surface area contributed by atoms with Gasteiger partial charge in [-0.25, -0.2) is 0 Å². The average molecular weight is 238 g/mol. The highest BCUT2D eigenvalue weighted by atomic mass is 16.2. The zero-order valence-corrected chi connectivity index (χ0v) is 11.5. The van der Waals surface area contributed by atoms with Gasteiger partial charge in [-0.2, -0.15) is 0 Å². The van der Waals surface area contributed by atoms with Crippen LogP contribution < -0.4 is 5.32 Å². The molecule has 2 saturated heterocycles. The molecule has 0 spiro atoms. The molecule has 2 aliphatic heterocycles. The van der Waals surface area contributed by atoms with Crippen molar-refractivity contribution in [2.75, 3.05) is 26.2 Å². The first kappa shape index (κ1) is 12.9. The Hall–Kier alpha value is -0.570. The Bertz CT molecular complexity index is 270. The lowest BCUT2D eigenvalue weighted by molar-refractivity contribution is -0.130. The van der Waals surface area contributed by atoms with Crippen molar-refractivity contribution < 1.29 is 4.79 Å². The summed E-state index contributed by atoms with van der Waals surface area (Å²) in [5.41, 5.74) is 0.353. The normalized spacial score (nSPS) is 28.5. The van der Waals surface area contributed by atoms with Gasteiger partial charge in [0, 0.05) is 32.6 Å². The summed E-state index contributed by atoms with van der Waals surface area (Å²) in [6.45, 7) is 10.9. The fourth-order valence-corrected chi connectivity index (χ4v) is 2.99. The van der Waals surface area contributed by atoms with Crippen molar-refractivity contribution in [3.05, 3.63) is 0 Å². The van der Waals surface area contributed by atoms with Crippen molar-refractivity contribution in [1.29, 1.82) is 0 Å². The number of nitrogens with one attached hydrogen (secondary N) is 1. The van der Waals surface area contributed by atoms with E-state index < -0.39 is 0 Å². The van der Waals surface area contributed by atoms with Crippen LogP contribution in [0.1, 0.15) is 40.0 Å². The quantitative estimate of drug-likeness (QED) is 0.814. The molecule has 3 nitrogen and oxygen atoms in total. The number of likely N-dealkylation sites (tertiary alicyclic amines) is 1. The van der Waals surface area contributed by atoms with Gasteiger partial charge < -0.3 is 10.2 Å². The number of hydrogen-bond acceptors (Lipinski definition) is 2. The number of carbonyl (C=O) groups is 1. The van der Waals surface area contributed by atoms with E-state index in [4.69, 9.17) is 0 Å². The summed E-state index contributed by atoms with van der Waals surface area (Å²) < 4.78 is 0. The zero-order valence-electron chi connectivity index (χ0n) is 11.5. The topological polar surface area (TPSA) is 32.3 Å². The Balaban J connectivity index is 1.71. The Morgan fingerprint density at radius 2 is 1.82 bits per heavy atom. The molecule has 98 valence electrons. The van der Waals surface area contributed by atoms with Crippen molar-refractivity contribution in [3.8, 4) is 0 Å². The molecule has 0 aliphatic carbocycles. The van der Waals surface area contributed by atoms with E-state index >= 15 is 0 Å². The summed E-state index contributed by atoms with van der Waals surface area (Å²) in [6, 6.07) is 0. The van der Waals surface area contributed by atoms with Crippen molar-refractivity contribution in [2.45, 2.75) is 40.0 Å². The Morgan fingerprint density at radius 1 is 1.24 bits per heavy atom. The van der Waals surface area contributed by atoms with Gasteiger partial charge in [-0.1, -0.05) is 20.8 Å². The number of nitrogens with zero attached hydrogens (tertiary/aromatic N) is 1. The van der Waals surface area contributed by atoms with Gasteiger partial charge in [0.05, 0.1) is 0 Å². The molecule has 2 atom stereocenters. The summed E-state index contributed by atoms with van der Waals surface area (Å²) in [5, 5.41) is 3.41. The summed E-state index contributed by atoms with van der Waals surface area (Å²) in [5.74, 6) is 1.83. The Kier molecular flexibility index (Phi) is 3.76. The number of hydrogen-bond donors (Lipinski definition) is 1.